The molecule has 126 valence electrons. The Balaban J connectivity index is 1.85. The fourth-order valence-electron chi connectivity index (χ4n) is 1.99. The number of hydrogen-bond donors (Lipinski definition) is 1. The van der Waals surface area contributed by atoms with Gasteiger partial charge in [-0.3, -0.25) is 9.59 Å². The van der Waals surface area contributed by atoms with Gasteiger partial charge in [0.05, 0.1) is 12.3 Å². The van der Waals surface area contributed by atoms with E-state index in [1.54, 1.807) is 36.4 Å². The van der Waals surface area contributed by atoms with Crippen molar-refractivity contribution >= 4 is 40.7 Å². The lowest BCUT2D eigenvalue weighted by Gasteiger charge is -2.09. The molecule has 0 atom stereocenters. The summed E-state index contributed by atoms with van der Waals surface area (Å²) in [6.07, 6.45) is 0. The molecule has 24 heavy (non-hydrogen) atoms. The second kappa shape index (κ2) is 8.87. The largest absolute Gasteiger partial charge is 0.325 e. The number of nitrogens with zero attached hydrogens (tertiary/aromatic N) is 1. The normalized spacial score (nSPS) is 10.7. The van der Waals surface area contributed by atoms with Crippen molar-refractivity contribution in [3.63, 3.8) is 0 Å². The first-order chi connectivity index (χ1) is 11.4. The van der Waals surface area contributed by atoms with Crippen molar-refractivity contribution in [3.8, 4) is 0 Å². The zero-order valence-electron chi connectivity index (χ0n) is 13.6. The van der Waals surface area contributed by atoms with E-state index >= 15 is 0 Å². The second-order valence-electron chi connectivity index (χ2n) is 5.53. The van der Waals surface area contributed by atoms with Gasteiger partial charge in [-0.1, -0.05) is 11.6 Å². The number of likely N-dealkylation sites (N-methyl/N-ethyl adjacent to an activating group) is 1. The molecule has 1 N–H and O–H groups in total. The molecule has 0 heterocycles. The third-order valence-electron chi connectivity index (χ3n) is 3.13. The van der Waals surface area contributed by atoms with E-state index in [9.17, 15) is 9.59 Å². The van der Waals surface area contributed by atoms with E-state index in [2.05, 4.69) is 5.32 Å². The van der Waals surface area contributed by atoms with Crippen LogP contribution in [0.2, 0.25) is 5.02 Å². The summed E-state index contributed by atoms with van der Waals surface area (Å²) in [6.45, 7) is 0.365. The number of hydrogen-bond acceptors (Lipinski definition) is 4. The van der Waals surface area contributed by atoms with Gasteiger partial charge in [-0.05, 0) is 62.6 Å². The van der Waals surface area contributed by atoms with Crippen molar-refractivity contribution in [2.45, 2.75) is 4.90 Å². The Labute approximate surface area is 151 Å². The molecule has 2 aromatic rings. The predicted octanol–water partition coefficient (Wildman–Crippen LogP) is 3.82. The van der Waals surface area contributed by atoms with Crippen LogP contribution < -0.4 is 5.32 Å². The van der Waals surface area contributed by atoms with Gasteiger partial charge in [0.15, 0.2) is 5.78 Å². The average molecular weight is 363 g/mol. The van der Waals surface area contributed by atoms with E-state index in [-0.39, 0.29) is 11.7 Å². The van der Waals surface area contributed by atoms with E-state index in [0.717, 1.165) is 4.90 Å². The van der Waals surface area contributed by atoms with Crippen LogP contribution in [-0.4, -0.2) is 43.0 Å². The van der Waals surface area contributed by atoms with E-state index in [4.69, 9.17) is 11.6 Å². The molecule has 2 rings (SSSR count). The quantitative estimate of drug-likeness (QED) is 0.601. The zero-order valence-corrected chi connectivity index (χ0v) is 15.2. The Kier molecular flexibility index (Phi) is 6.85. The molecule has 0 saturated carbocycles. The lowest BCUT2D eigenvalue weighted by Crippen LogP contribution is -2.21. The molecule has 0 aliphatic carbocycles. The summed E-state index contributed by atoms with van der Waals surface area (Å²) in [5.74, 6) is 0.265. The van der Waals surface area contributed by atoms with Crippen LogP contribution in [0.25, 0.3) is 0 Å². The Morgan fingerprint density at radius 2 is 1.67 bits per heavy atom. The van der Waals surface area contributed by atoms with Gasteiger partial charge < -0.3 is 10.2 Å². The van der Waals surface area contributed by atoms with Gasteiger partial charge in [-0.2, -0.15) is 0 Å². The van der Waals surface area contributed by atoms with Crippen LogP contribution in [0, 0.1) is 0 Å². The predicted molar refractivity (Wildman–Crippen MR) is 100 cm³/mol. The molecule has 4 nitrogen and oxygen atoms in total. The number of anilines is 1. The SMILES string of the molecule is CN(C)CC(=O)c1ccc(NC(=O)CSc2ccc(Cl)cc2)cc1. The molecule has 1 amide bonds. The maximum Gasteiger partial charge on any atom is 0.234 e. The Bertz CT molecular complexity index is 700. The average Bonchev–Trinajstić information content (AvgIpc) is 2.54. The number of thioether (sulfide) groups is 1. The van der Waals surface area contributed by atoms with Crippen LogP contribution in [0.4, 0.5) is 5.69 Å². The summed E-state index contributed by atoms with van der Waals surface area (Å²) in [4.78, 5) is 26.7. The van der Waals surface area contributed by atoms with Crippen molar-refractivity contribution in [1.29, 1.82) is 0 Å². The Morgan fingerprint density at radius 1 is 1.04 bits per heavy atom. The summed E-state index contributed by atoms with van der Waals surface area (Å²) in [6, 6.07) is 14.3. The van der Waals surface area contributed by atoms with Gasteiger partial charge in [0.25, 0.3) is 0 Å². The molecule has 0 spiro atoms. The van der Waals surface area contributed by atoms with Crippen LogP contribution in [-0.2, 0) is 4.79 Å². The molecular formula is C18H19ClN2O2S. The third-order valence-corrected chi connectivity index (χ3v) is 4.40. The summed E-state index contributed by atoms with van der Waals surface area (Å²) in [7, 11) is 3.70. The molecular weight excluding hydrogens is 344 g/mol. The summed E-state index contributed by atoms with van der Waals surface area (Å²) < 4.78 is 0. The maximum absolute atomic E-state index is 12.0. The van der Waals surface area contributed by atoms with Crippen molar-refractivity contribution < 1.29 is 9.59 Å². The van der Waals surface area contributed by atoms with Gasteiger partial charge in [-0.15, -0.1) is 11.8 Å². The highest BCUT2D eigenvalue weighted by Gasteiger charge is 2.08. The first kappa shape index (κ1) is 18.5. The topological polar surface area (TPSA) is 49.4 Å². The monoisotopic (exact) mass is 362 g/mol. The third kappa shape index (κ3) is 6.00. The molecule has 0 saturated heterocycles. The van der Waals surface area contributed by atoms with E-state index in [0.29, 0.717) is 28.6 Å². The Morgan fingerprint density at radius 3 is 2.25 bits per heavy atom. The lowest BCUT2D eigenvalue weighted by atomic mass is 10.1. The first-order valence-corrected chi connectivity index (χ1v) is 8.76. The summed E-state index contributed by atoms with van der Waals surface area (Å²) >= 11 is 7.27. The minimum absolute atomic E-state index is 0.0520. The van der Waals surface area contributed by atoms with Crippen LogP contribution in [0.5, 0.6) is 0 Å². The van der Waals surface area contributed by atoms with E-state index in [1.165, 1.54) is 11.8 Å². The lowest BCUT2D eigenvalue weighted by molar-refractivity contribution is -0.113. The van der Waals surface area contributed by atoms with Crippen LogP contribution in [0.3, 0.4) is 0 Å². The highest BCUT2D eigenvalue weighted by Crippen LogP contribution is 2.20. The summed E-state index contributed by atoms with van der Waals surface area (Å²) in [5.41, 5.74) is 1.32. The highest BCUT2D eigenvalue weighted by atomic mass is 35.5. The molecule has 2 aromatic carbocycles. The van der Waals surface area contributed by atoms with Gasteiger partial charge in [-0.25, -0.2) is 0 Å². The number of nitrogens with one attached hydrogen (secondary N) is 1. The van der Waals surface area contributed by atoms with E-state index in [1.807, 2.05) is 31.1 Å². The molecule has 0 unspecified atom stereocenters. The standard InChI is InChI=1S/C18H19ClN2O2S/c1-21(2)11-17(22)13-3-7-15(8-4-13)20-18(23)12-24-16-9-5-14(19)6-10-16/h3-10H,11-12H2,1-2H3,(H,20,23). The number of Topliss-reactive ketones (excluding diaryl/α,β-unsaturated/α-hetero) is 1. The van der Waals surface area contributed by atoms with Gasteiger partial charge >= 0.3 is 0 Å². The van der Waals surface area contributed by atoms with Gasteiger partial charge in [0.1, 0.15) is 0 Å². The number of rotatable bonds is 7. The molecule has 0 aliphatic rings. The fourth-order valence-corrected chi connectivity index (χ4v) is 2.82. The molecule has 0 radical (unpaired) electrons. The van der Waals surface area contributed by atoms with Crippen LogP contribution in [0.1, 0.15) is 10.4 Å². The van der Waals surface area contributed by atoms with Gasteiger partial charge in [0.2, 0.25) is 5.91 Å². The van der Waals surface area contributed by atoms with Crippen LogP contribution >= 0.6 is 23.4 Å². The van der Waals surface area contributed by atoms with E-state index < -0.39 is 0 Å². The number of benzene rings is 2. The number of carbonyl (C=O) groups excluding carboxylic acids is 2. The zero-order chi connectivity index (χ0) is 17.5. The number of carbonyl (C=O) groups is 2. The highest BCUT2D eigenvalue weighted by molar-refractivity contribution is 8.00. The smallest absolute Gasteiger partial charge is 0.234 e. The second-order valence-corrected chi connectivity index (χ2v) is 7.01. The van der Waals surface area contributed by atoms with Crippen LogP contribution in [0.15, 0.2) is 53.4 Å². The van der Waals surface area contributed by atoms with Crippen molar-refractivity contribution in [2.24, 2.45) is 0 Å². The van der Waals surface area contributed by atoms with Gasteiger partial charge in [0, 0.05) is 21.2 Å². The maximum atomic E-state index is 12.0. The Hall–Kier alpha value is -1.82. The number of ketones is 1. The number of halogens is 1. The molecule has 0 aromatic heterocycles. The minimum Gasteiger partial charge on any atom is -0.325 e. The fraction of sp³-hybridized carbons (Fsp3) is 0.222. The molecule has 0 aliphatic heterocycles. The molecule has 0 fully saturated rings. The molecule has 0 bridgehead atoms. The number of amides is 1. The van der Waals surface area contributed by atoms with Crippen molar-refractivity contribution in [1.82, 2.24) is 4.90 Å². The van der Waals surface area contributed by atoms with Crippen molar-refractivity contribution in [2.75, 3.05) is 31.7 Å². The molecule has 6 heteroatoms. The van der Waals surface area contributed by atoms with Crippen molar-refractivity contribution in [3.05, 3.63) is 59.1 Å². The summed E-state index contributed by atoms with van der Waals surface area (Å²) in [5, 5.41) is 3.50. The first-order valence-electron chi connectivity index (χ1n) is 7.40. The minimum atomic E-state index is -0.0951.